The molecule has 108 valence electrons. The van der Waals surface area contributed by atoms with Crippen LogP contribution < -0.4 is 4.31 Å². The number of anilines is 1. The van der Waals surface area contributed by atoms with Gasteiger partial charge in [0.25, 0.3) is 0 Å². The van der Waals surface area contributed by atoms with Crippen LogP contribution in [0.1, 0.15) is 27.4 Å². The quantitative estimate of drug-likeness (QED) is 0.409. The summed E-state index contributed by atoms with van der Waals surface area (Å²) in [4.78, 5) is 11.3. The van der Waals surface area contributed by atoms with Gasteiger partial charge in [-0.3, -0.25) is 4.79 Å². The average Bonchev–Trinajstić information content (AvgIpc) is 2.87. The highest BCUT2D eigenvalue weighted by molar-refractivity contribution is 14.2. The second kappa shape index (κ2) is 6.36. The fourth-order valence-electron chi connectivity index (χ4n) is 2.86. The minimum Gasteiger partial charge on any atom is -0.307 e. The summed E-state index contributed by atoms with van der Waals surface area (Å²) in [5, 5.41) is 0. The number of benzene rings is 2. The molecule has 0 unspecified atom stereocenters. The molecule has 1 atom stereocenters. The van der Waals surface area contributed by atoms with Crippen LogP contribution in [0.15, 0.2) is 42.5 Å². The smallest absolute Gasteiger partial charge is 0.150 e. The number of rotatable bonds is 4. The van der Waals surface area contributed by atoms with Crippen molar-refractivity contribution in [1.29, 1.82) is 0 Å². The predicted molar refractivity (Wildman–Crippen MR) is 93.6 cm³/mol. The highest BCUT2D eigenvalue weighted by Gasteiger charge is 2.31. The van der Waals surface area contributed by atoms with E-state index in [4.69, 9.17) is 0 Å². The third-order valence-corrected chi connectivity index (χ3v) is 5.72. The second-order valence-electron chi connectivity index (χ2n) is 5.06. The number of hydrogen-bond acceptors (Lipinski definition) is 3. The fraction of sp³-hybridized carbons (Fsp3) is 0.188. The van der Waals surface area contributed by atoms with E-state index in [9.17, 15) is 9.18 Å². The molecule has 0 saturated carbocycles. The highest BCUT2D eigenvalue weighted by atomic mass is 127. The molecule has 2 aromatic rings. The van der Waals surface area contributed by atoms with Crippen molar-refractivity contribution in [1.82, 2.24) is 0 Å². The minimum absolute atomic E-state index is 0.219. The number of carbonyl (C=O) groups excluding carboxylic acids is 1. The Bertz CT molecular complexity index is 662. The van der Waals surface area contributed by atoms with E-state index >= 15 is 0 Å². The zero-order chi connectivity index (χ0) is 14.8. The van der Waals surface area contributed by atoms with E-state index in [1.807, 2.05) is 24.3 Å². The Morgan fingerprint density at radius 1 is 1.29 bits per heavy atom. The van der Waals surface area contributed by atoms with Crippen molar-refractivity contribution in [3.63, 3.8) is 0 Å². The first-order valence-corrected chi connectivity index (χ1v) is 9.93. The van der Waals surface area contributed by atoms with Crippen molar-refractivity contribution in [2.45, 2.75) is 12.3 Å². The topological polar surface area (TPSA) is 20.3 Å². The van der Waals surface area contributed by atoms with Gasteiger partial charge in [0.2, 0.25) is 0 Å². The summed E-state index contributed by atoms with van der Waals surface area (Å²) in [5.41, 5.74) is 4.08. The van der Waals surface area contributed by atoms with Crippen molar-refractivity contribution in [2.24, 2.45) is 0 Å². The summed E-state index contributed by atoms with van der Waals surface area (Å²) >= 11 is 2.26. The van der Waals surface area contributed by atoms with Crippen molar-refractivity contribution in [3.8, 4) is 0 Å². The number of aldehydes is 1. The van der Waals surface area contributed by atoms with Gasteiger partial charge in [-0.25, -0.2) is 4.39 Å². The second-order valence-corrected chi connectivity index (χ2v) is 6.82. The normalized spacial score (nSPS) is 16.9. The van der Waals surface area contributed by atoms with E-state index in [2.05, 4.69) is 31.6 Å². The Kier molecular flexibility index (Phi) is 4.49. The van der Waals surface area contributed by atoms with Gasteiger partial charge in [-0.1, -0.05) is 24.3 Å². The molecule has 0 saturated heterocycles. The van der Waals surface area contributed by atoms with Crippen molar-refractivity contribution >= 4 is 42.3 Å². The van der Waals surface area contributed by atoms with E-state index in [-0.39, 0.29) is 11.7 Å². The molecule has 2 aromatic carbocycles. The largest absolute Gasteiger partial charge is 0.307 e. The molecule has 1 aliphatic rings. The molecule has 2 nitrogen and oxygen atoms in total. The molecule has 0 aliphatic carbocycles. The van der Waals surface area contributed by atoms with Crippen LogP contribution in [0.3, 0.4) is 0 Å². The maximum atomic E-state index is 13.0. The van der Waals surface area contributed by atoms with Gasteiger partial charge in [0, 0.05) is 48.4 Å². The van der Waals surface area contributed by atoms with E-state index in [0.29, 0.717) is 0 Å². The van der Waals surface area contributed by atoms with Gasteiger partial charge in [-0.05, 0) is 35.7 Å². The standard InChI is InChI=1S/C16H13FINOS/c17-14-6-4-11(5-7-14)8-13-9-19(21-18)15-3-1-2-12(10-20)16(13)15/h1-7,10,13H,8-9H2/t13-/m0/s1. The Balaban J connectivity index is 1.95. The van der Waals surface area contributed by atoms with Crippen LogP contribution in [0.2, 0.25) is 0 Å². The first kappa shape index (κ1) is 14.8. The first-order valence-electron chi connectivity index (χ1n) is 6.61. The lowest BCUT2D eigenvalue weighted by Gasteiger charge is -2.14. The molecular weight excluding hydrogens is 400 g/mol. The molecular formula is C16H13FINOS. The molecule has 3 rings (SSSR count). The van der Waals surface area contributed by atoms with E-state index < -0.39 is 0 Å². The van der Waals surface area contributed by atoms with E-state index in [1.54, 1.807) is 9.12 Å². The number of halogens is 2. The van der Waals surface area contributed by atoms with Gasteiger partial charge in [0.15, 0.2) is 0 Å². The van der Waals surface area contributed by atoms with Crippen molar-refractivity contribution in [2.75, 3.05) is 10.8 Å². The zero-order valence-electron chi connectivity index (χ0n) is 11.1. The summed E-state index contributed by atoms with van der Waals surface area (Å²) < 4.78 is 15.2. The molecule has 0 amide bonds. The molecule has 5 heteroatoms. The molecule has 1 aliphatic heterocycles. The third-order valence-electron chi connectivity index (χ3n) is 3.79. The van der Waals surface area contributed by atoms with Crippen LogP contribution in [0.4, 0.5) is 10.1 Å². The van der Waals surface area contributed by atoms with Crippen LogP contribution in [-0.4, -0.2) is 12.8 Å². The molecule has 0 bridgehead atoms. The van der Waals surface area contributed by atoms with Gasteiger partial charge in [-0.2, -0.15) is 0 Å². The van der Waals surface area contributed by atoms with Gasteiger partial charge in [-0.15, -0.1) is 0 Å². The van der Waals surface area contributed by atoms with Crippen LogP contribution in [0.25, 0.3) is 0 Å². The molecule has 0 radical (unpaired) electrons. The first-order chi connectivity index (χ1) is 10.2. The van der Waals surface area contributed by atoms with E-state index in [0.717, 1.165) is 41.6 Å². The Labute approximate surface area is 139 Å². The van der Waals surface area contributed by atoms with Crippen LogP contribution in [0.5, 0.6) is 0 Å². The summed E-state index contributed by atoms with van der Waals surface area (Å²) in [6, 6.07) is 12.5. The third kappa shape index (κ3) is 2.94. The van der Waals surface area contributed by atoms with Gasteiger partial charge >= 0.3 is 0 Å². The lowest BCUT2D eigenvalue weighted by atomic mass is 9.91. The van der Waals surface area contributed by atoms with Crippen LogP contribution in [-0.2, 0) is 6.42 Å². The highest BCUT2D eigenvalue weighted by Crippen LogP contribution is 2.44. The Hall–Kier alpha value is -1.08. The van der Waals surface area contributed by atoms with Gasteiger partial charge in [0.1, 0.15) is 12.1 Å². The summed E-state index contributed by atoms with van der Waals surface area (Å²) in [6.07, 6.45) is 1.74. The van der Waals surface area contributed by atoms with Crippen LogP contribution in [0, 0.1) is 5.82 Å². The maximum absolute atomic E-state index is 13.0. The molecule has 1 heterocycles. The lowest BCUT2D eigenvalue weighted by molar-refractivity contribution is 0.112. The lowest BCUT2D eigenvalue weighted by Crippen LogP contribution is -2.12. The average molecular weight is 413 g/mol. The number of hydrogen-bond donors (Lipinski definition) is 0. The monoisotopic (exact) mass is 413 g/mol. The zero-order valence-corrected chi connectivity index (χ0v) is 14.1. The summed E-state index contributed by atoms with van der Waals surface area (Å²) in [5.74, 6) is 0.0396. The molecule has 21 heavy (non-hydrogen) atoms. The van der Waals surface area contributed by atoms with Gasteiger partial charge in [0.05, 0.1) is 5.69 Å². The number of nitrogens with zero attached hydrogens (tertiary/aromatic N) is 1. The van der Waals surface area contributed by atoms with E-state index in [1.165, 1.54) is 12.1 Å². The van der Waals surface area contributed by atoms with Gasteiger partial charge < -0.3 is 4.31 Å². The number of carbonyl (C=O) groups is 1. The summed E-state index contributed by atoms with van der Waals surface area (Å²) in [7, 11) is 1.64. The molecule has 0 fully saturated rings. The van der Waals surface area contributed by atoms with Crippen molar-refractivity contribution < 1.29 is 9.18 Å². The van der Waals surface area contributed by atoms with Crippen molar-refractivity contribution in [3.05, 3.63) is 65.0 Å². The predicted octanol–water partition coefficient (Wildman–Crippen LogP) is 4.78. The molecule has 0 spiro atoms. The van der Waals surface area contributed by atoms with Crippen LogP contribution >= 0.6 is 30.3 Å². The minimum atomic E-state index is -0.219. The Morgan fingerprint density at radius 2 is 2.05 bits per heavy atom. The Morgan fingerprint density at radius 3 is 2.71 bits per heavy atom. The molecule has 0 N–H and O–H groups in total. The molecule has 0 aromatic heterocycles. The number of fused-ring (bicyclic) bond motifs is 1. The maximum Gasteiger partial charge on any atom is 0.150 e. The summed E-state index contributed by atoms with van der Waals surface area (Å²) in [6.45, 7) is 0.866. The fourth-order valence-corrected chi connectivity index (χ4v) is 4.45. The SMILES string of the molecule is O=Cc1cccc2c1[C@@H](Cc1ccc(F)cc1)CN2SI.